The minimum Gasteiger partial charge on any atom is -0.449 e. The molecule has 1 saturated heterocycles. The molecule has 14 heavy (non-hydrogen) atoms. The summed E-state index contributed by atoms with van der Waals surface area (Å²) in [6.07, 6.45) is 0.646. The Morgan fingerprint density at radius 3 is 2.79 bits per heavy atom. The molecule has 0 spiro atoms. The second-order valence-corrected chi connectivity index (χ2v) is 4.70. The van der Waals surface area contributed by atoms with Crippen LogP contribution < -0.4 is 5.32 Å². The number of hydrogen-bond acceptors (Lipinski definition) is 3. The van der Waals surface area contributed by atoms with Gasteiger partial charge < -0.3 is 14.8 Å². The molecule has 1 amide bonds. The molecule has 4 nitrogen and oxygen atoms in total. The van der Waals surface area contributed by atoms with E-state index in [4.69, 9.17) is 9.47 Å². The maximum absolute atomic E-state index is 11.2. The average Bonchev–Trinajstić information content (AvgIpc) is 2.49. The first-order valence-corrected chi connectivity index (χ1v) is 5.00. The third kappa shape index (κ3) is 4.46. The lowest BCUT2D eigenvalue weighted by molar-refractivity contribution is 0.111. The predicted molar refractivity (Wildman–Crippen MR) is 53.2 cm³/mol. The molecule has 1 aliphatic heterocycles. The van der Waals surface area contributed by atoms with E-state index in [1.54, 1.807) is 0 Å². The van der Waals surface area contributed by atoms with Crippen molar-refractivity contribution in [1.82, 2.24) is 5.32 Å². The first-order chi connectivity index (χ1) is 6.47. The van der Waals surface area contributed by atoms with Crippen LogP contribution in [0.1, 0.15) is 27.2 Å². The zero-order chi connectivity index (χ0) is 10.6. The lowest BCUT2D eigenvalue weighted by atomic mass is 10.1. The van der Waals surface area contributed by atoms with Crippen molar-refractivity contribution in [2.24, 2.45) is 5.92 Å². The van der Waals surface area contributed by atoms with Crippen LogP contribution in [0.4, 0.5) is 4.79 Å². The van der Waals surface area contributed by atoms with Gasteiger partial charge in [-0.15, -0.1) is 0 Å². The molecule has 0 aromatic rings. The highest BCUT2D eigenvalue weighted by atomic mass is 16.6. The van der Waals surface area contributed by atoms with E-state index in [2.05, 4.69) is 5.32 Å². The Morgan fingerprint density at radius 1 is 1.57 bits per heavy atom. The summed E-state index contributed by atoms with van der Waals surface area (Å²) in [6, 6.07) is 0. The first kappa shape index (κ1) is 11.3. The van der Waals surface area contributed by atoms with Gasteiger partial charge in [-0.2, -0.15) is 0 Å². The molecule has 1 fully saturated rings. The molecule has 1 N–H and O–H groups in total. The number of carbonyl (C=O) groups excluding carboxylic acids is 1. The fraction of sp³-hybridized carbons (Fsp3) is 0.900. The SMILES string of the molecule is CC(C)(C)NC(=O)OCC1CCOC1. The average molecular weight is 201 g/mol. The van der Waals surface area contributed by atoms with Crippen molar-refractivity contribution in [2.45, 2.75) is 32.7 Å². The highest BCUT2D eigenvalue weighted by Crippen LogP contribution is 2.12. The fourth-order valence-electron chi connectivity index (χ4n) is 1.25. The van der Waals surface area contributed by atoms with Gasteiger partial charge in [0.05, 0.1) is 13.2 Å². The maximum atomic E-state index is 11.2. The Labute approximate surface area is 85.0 Å². The molecule has 1 atom stereocenters. The van der Waals surface area contributed by atoms with Crippen LogP contribution >= 0.6 is 0 Å². The van der Waals surface area contributed by atoms with Crippen LogP contribution in [0.2, 0.25) is 0 Å². The Hall–Kier alpha value is -0.770. The zero-order valence-electron chi connectivity index (χ0n) is 9.13. The Bertz CT molecular complexity index is 192. The standard InChI is InChI=1S/C10H19NO3/c1-10(2,3)11-9(12)14-7-8-4-5-13-6-8/h8H,4-7H2,1-3H3,(H,11,12). The third-order valence-electron chi connectivity index (χ3n) is 1.95. The second-order valence-electron chi connectivity index (χ2n) is 4.70. The molecule has 0 radical (unpaired) electrons. The van der Waals surface area contributed by atoms with Crippen LogP contribution in [0.3, 0.4) is 0 Å². The first-order valence-electron chi connectivity index (χ1n) is 5.00. The number of amides is 1. The summed E-state index contributed by atoms with van der Waals surface area (Å²) in [7, 11) is 0. The fourth-order valence-corrected chi connectivity index (χ4v) is 1.25. The molecule has 0 aromatic carbocycles. The lowest BCUT2D eigenvalue weighted by Crippen LogP contribution is -2.41. The van der Waals surface area contributed by atoms with Crippen molar-refractivity contribution in [3.63, 3.8) is 0 Å². The topological polar surface area (TPSA) is 47.6 Å². The predicted octanol–water partition coefficient (Wildman–Crippen LogP) is 1.55. The van der Waals surface area contributed by atoms with Crippen molar-refractivity contribution in [1.29, 1.82) is 0 Å². The van der Waals surface area contributed by atoms with Gasteiger partial charge in [0.2, 0.25) is 0 Å². The number of hydrogen-bond donors (Lipinski definition) is 1. The van der Waals surface area contributed by atoms with Crippen LogP contribution in [0, 0.1) is 5.92 Å². The summed E-state index contributed by atoms with van der Waals surface area (Å²) in [5, 5.41) is 2.74. The minimum absolute atomic E-state index is 0.233. The van der Waals surface area contributed by atoms with Gasteiger partial charge in [0.25, 0.3) is 0 Å². The molecular weight excluding hydrogens is 182 g/mol. The van der Waals surface area contributed by atoms with Crippen LogP contribution in [-0.4, -0.2) is 31.5 Å². The van der Waals surface area contributed by atoms with E-state index < -0.39 is 0 Å². The minimum atomic E-state index is -0.343. The number of alkyl carbamates (subject to hydrolysis) is 1. The molecule has 1 heterocycles. The van der Waals surface area contributed by atoms with Crippen molar-refractivity contribution >= 4 is 6.09 Å². The summed E-state index contributed by atoms with van der Waals surface area (Å²) in [4.78, 5) is 11.2. The molecule has 4 heteroatoms. The van der Waals surface area contributed by atoms with Crippen LogP contribution in [0.15, 0.2) is 0 Å². The summed E-state index contributed by atoms with van der Waals surface area (Å²) < 4.78 is 10.3. The Kier molecular flexibility index (Phi) is 3.75. The van der Waals surface area contributed by atoms with E-state index in [1.165, 1.54) is 0 Å². The van der Waals surface area contributed by atoms with Crippen molar-refractivity contribution in [2.75, 3.05) is 19.8 Å². The highest BCUT2D eigenvalue weighted by Gasteiger charge is 2.19. The number of nitrogens with one attached hydrogen (secondary N) is 1. The number of rotatable bonds is 2. The van der Waals surface area contributed by atoms with Gasteiger partial charge in [-0.25, -0.2) is 4.79 Å². The molecule has 0 saturated carbocycles. The molecule has 1 unspecified atom stereocenters. The molecule has 0 aliphatic carbocycles. The summed E-state index contributed by atoms with van der Waals surface area (Å²) >= 11 is 0. The molecule has 0 bridgehead atoms. The summed E-state index contributed by atoms with van der Waals surface area (Å²) in [5.41, 5.74) is -0.233. The van der Waals surface area contributed by atoms with Gasteiger partial charge in [0.15, 0.2) is 0 Å². The maximum Gasteiger partial charge on any atom is 0.407 e. The Balaban J connectivity index is 2.14. The van der Waals surface area contributed by atoms with Gasteiger partial charge in [-0.05, 0) is 27.2 Å². The third-order valence-corrected chi connectivity index (χ3v) is 1.95. The molecule has 82 valence electrons. The zero-order valence-corrected chi connectivity index (χ0v) is 9.13. The smallest absolute Gasteiger partial charge is 0.407 e. The van der Waals surface area contributed by atoms with Gasteiger partial charge in [-0.1, -0.05) is 0 Å². The molecule has 0 aromatic heterocycles. The lowest BCUT2D eigenvalue weighted by Gasteiger charge is -2.20. The van der Waals surface area contributed by atoms with E-state index in [-0.39, 0.29) is 11.6 Å². The number of carbonyl (C=O) groups is 1. The largest absolute Gasteiger partial charge is 0.449 e. The van der Waals surface area contributed by atoms with Gasteiger partial charge in [-0.3, -0.25) is 0 Å². The van der Waals surface area contributed by atoms with Gasteiger partial charge >= 0.3 is 6.09 Å². The van der Waals surface area contributed by atoms with Gasteiger partial charge in [0, 0.05) is 18.1 Å². The molecular formula is C10H19NO3. The summed E-state index contributed by atoms with van der Waals surface area (Å²) in [6.45, 7) is 7.73. The van der Waals surface area contributed by atoms with E-state index in [9.17, 15) is 4.79 Å². The molecule has 1 aliphatic rings. The van der Waals surface area contributed by atoms with Crippen molar-refractivity contribution < 1.29 is 14.3 Å². The van der Waals surface area contributed by atoms with E-state index in [0.717, 1.165) is 13.0 Å². The van der Waals surface area contributed by atoms with E-state index in [0.29, 0.717) is 19.1 Å². The quantitative estimate of drug-likeness (QED) is 0.737. The van der Waals surface area contributed by atoms with Crippen LogP contribution in [0.25, 0.3) is 0 Å². The van der Waals surface area contributed by atoms with E-state index in [1.807, 2.05) is 20.8 Å². The van der Waals surface area contributed by atoms with Gasteiger partial charge in [0.1, 0.15) is 0 Å². The second kappa shape index (κ2) is 4.64. The number of ether oxygens (including phenoxy) is 2. The van der Waals surface area contributed by atoms with Crippen molar-refractivity contribution in [3.8, 4) is 0 Å². The Morgan fingerprint density at radius 2 is 2.29 bits per heavy atom. The normalized spacial score (nSPS) is 22.1. The van der Waals surface area contributed by atoms with Crippen LogP contribution in [-0.2, 0) is 9.47 Å². The van der Waals surface area contributed by atoms with Crippen LogP contribution in [0.5, 0.6) is 0 Å². The van der Waals surface area contributed by atoms with E-state index >= 15 is 0 Å². The highest BCUT2D eigenvalue weighted by molar-refractivity contribution is 5.68. The monoisotopic (exact) mass is 201 g/mol. The van der Waals surface area contributed by atoms with Crippen molar-refractivity contribution in [3.05, 3.63) is 0 Å². The molecule has 1 rings (SSSR count). The summed E-state index contributed by atoms with van der Waals surface area (Å²) in [5.74, 6) is 0.376.